The number of nitrogens with zero attached hydrogens (tertiary/aromatic N) is 3. The lowest BCUT2D eigenvalue weighted by atomic mass is 10.1. The van der Waals surface area contributed by atoms with Crippen LogP contribution in [-0.2, 0) is 24.2 Å². The van der Waals surface area contributed by atoms with E-state index in [2.05, 4.69) is 19.9 Å². The van der Waals surface area contributed by atoms with Gasteiger partial charge in [0.15, 0.2) is 0 Å². The molecule has 7 nitrogen and oxygen atoms in total. The predicted molar refractivity (Wildman–Crippen MR) is 109 cm³/mol. The number of aryl methyl sites for hydroxylation is 4. The van der Waals surface area contributed by atoms with Crippen molar-refractivity contribution in [3.8, 4) is 0 Å². The normalized spacial score (nSPS) is 13.9. The van der Waals surface area contributed by atoms with Crippen molar-refractivity contribution in [3.05, 3.63) is 51.5 Å². The number of benzene rings is 1. The third kappa shape index (κ3) is 3.69. The van der Waals surface area contributed by atoms with Gasteiger partial charge in [-0.3, -0.25) is 9.59 Å². The second kappa shape index (κ2) is 7.58. The molecule has 2 N–H and O–H groups in total. The van der Waals surface area contributed by atoms with Gasteiger partial charge in [0, 0.05) is 36.3 Å². The van der Waals surface area contributed by atoms with Crippen molar-refractivity contribution < 1.29 is 4.79 Å². The first-order valence-corrected chi connectivity index (χ1v) is 9.86. The van der Waals surface area contributed by atoms with Crippen LogP contribution in [0.3, 0.4) is 0 Å². The minimum Gasteiger partial charge on any atom is -0.328 e. The molecule has 0 atom stereocenters. The van der Waals surface area contributed by atoms with E-state index in [-0.39, 0.29) is 17.9 Å². The molecule has 0 saturated heterocycles. The monoisotopic (exact) mass is 379 g/mol. The van der Waals surface area contributed by atoms with Crippen molar-refractivity contribution in [2.24, 2.45) is 0 Å². The van der Waals surface area contributed by atoms with E-state index in [9.17, 15) is 9.59 Å². The van der Waals surface area contributed by atoms with Crippen LogP contribution in [0.25, 0.3) is 11.0 Å². The Labute approximate surface area is 163 Å². The second-order valence-electron chi connectivity index (χ2n) is 7.46. The number of anilines is 1. The minimum absolute atomic E-state index is 0.125. The minimum atomic E-state index is -0.168. The zero-order valence-corrected chi connectivity index (χ0v) is 16.3. The van der Waals surface area contributed by atoms with E-state index in [1.807, 2.05) is 18.2 Å². The summed E-state index contributed by atoms with van der Waals surface area (Å²) in [6.07, 6.45) is 5.21. The van der Waals surface area contributed by atoms with E-state index >= 15 is 0 Å². The van der Waals surface area contributed by atoms with Gasteiger partial charge >= 0.3 is 0 Å². The standard InChI is InChI=1S/C21H25N5O2/c1-13-16(21(28)23-14(2)22-13)8-10-20(27)24-15-7-9-18-17(12-15)25-19-6-4-3-5-11-26(18)19/h7,9,12H,3-6,8,10-11H2,1-2H3,(H,24,27)(H,22,23,28). The molecule has 2 aromatic heterocycles. The molecule has 0 fully saturated rings. The summed E-state index contributed by atoms with van der Waals surface area (Å²) < 4.78 is 2.30. The molecule has 1 aliphatic heterocycles. The first-order valence-electron chi connectivity index (χ1n) is 9.86. The van der Waals surface area contributed by atoms with E-state index in [0.29, 0.717) is 23.5 Å². The van der Waals surface area contributed by atoms with Crippen molar-refractivity contribution in [3.63, 3.8) is 0 Å². The molecule has 4 rings (SSSR count). The Kier molecular flexibility index (Phi) is 4.98. The predicted octanol–water partition coefficient (Wildman–Crippen LogP) is 3.03. The van der Waals surface area contributed by atoms with Crippen LogP contribution in [0.15, 0.2) is 23.0 Å². The fourth-order valence-electron chi connectivity index (χ4n) is 3.94. The molecule has 7 heteroatoms. The van der Waals surface area contributed by atoms with Gasteiger partial charge in [0.1, 0.15) is 11.6 Å². The maximum atomic E-state index is 12.4. The number of H-pyrrole nitrogens is 1. The number of hydrogen-bond donors (Lipinski definition) is 2. The molecule has 0 aliphatic carbocycles. The Balaban J connectivity index is 1.46. The zero-order chi connectivity index (χ0) is 19.7. The summed E-state index contributed by atoms with van der Waals surface area (Å²) in [4.78, 5) is 36.2. The molecule has 3 aromatic rings. The van der Waals surface area contributed by atoms with E-state index in [0.717, 1.165) is 35.5 Å². The molecule has 1 aromatic carbocycles. The van der Waals surface area contributed by atoms with Crippen LogP contribution in [0.5, 0.6) is 0 Å². The fraction of sp³-hybridized carbons (Fsp3) is 0.429. The zero-order valence-electron chi connectivity index (χ0n) is 16.3. The van der Waals surface area contributed by atoms with Gasteiger partial charge in [0.2, 0.25) is 5.91 Å². The maximum absolute atomic E-state index is 12.4. The number of aromatic amines is 1. The number of nitrogens with one attached hydrogen (secondary N) is 2. The van der Waals surface area contributed by atoms with Gasteiger partial charge in [-0.2, -0.15) is 0 Å². The van der Waals surface area contributed by atoms with Gasteiger partial charge in [-0.25, -0.2) is 9.97 Å². The number of carbonyl (C=O) groups is 1. The molecule has 0 unspecified atom stereocenters. The summed E-state index contributed by atoms with van der Waals surface area (Å²) in [6, 6.07) is 5.89. The highest BCUT2D eigenvalue weighted by Gasteiger charge is 2.15. The van der Waals surface area contributed by atoms with Crippen LogP contribution >= 0.6 is 0 Å². The average Bonchev–Trinajstić information content (AvgIpc) is 2.81. The summed E-state index contributed by atoms with van der Waals surface area (Å²) in [7, 11) is 0. The number of amides is 1. The van der Waals surface area contributed by atoms with E-state index < -0.39 is 0 Å². The van der Waals surface area contributed by atoms with E-state index in [1.54, 1.807) is 13.8 Å². The first-order chi connectivity index (χ1) is 13.5. The molecule has 28 heavy (non-hydrogen) atoms. The van der Waals surface area contributed by atoms with Crippen molar-refractivity contribution in [1.29, 1.82) is 0 Å². The summed E-state index contributed by atoms with van der Waals surface area (Å²) in [5.41, 5.74) is 3.86. The number of carbonyl (C=O) groups excluding carboxylic acids is 1. The second-order valence-corrected chi connectivity index (χ2v) is 7.46. The third-order valence-corrected chi connectivity index (χ3v) is 5.34. The third-order valence-electron chi connectivity index (χ3n) is 5.34. The van der Waals surface area contributed by atoms with Gasteiger partial charge in [0.25, 0.3) is 5.56 Å². The lowest BCUT2D eigenvalue weighted by Gasteiger charge is -2.08. The smallest absolute Gasteiger partial charge is 0.254 e. The van der Waals surface area contributed by atoms with E-state index in [4.69, 9.17) is 4.98 Å². The summed E-state index contributed by atoms with van der Waals surface area (Å²) in [5, 5.41) is 2.93. The van der Waals surface area contributed by atoms with Gasteiger partial charge in [-0.15, -0.1) is 0 Å². The Morgan fingerprint density at radius 3 is 2.89 bits per heavy atom. The number of aromatic nitrogens is 4. The topological polar surface area (TPSA) is 92.7 Å². The van der Waals surface area contributed by atoms with Crippen LogP contribution < -0.4 is 10.9 Å². The quantitative estimate of drug-likeness (QED) is 0.729. The number of hydrogen-bond acceptors (Lipinski definition) is 4. The lowest BCUT2D eigenvalue weighted by molar-refractivity contribution is -0.116. The maximum Gasteiger partial charge on any atom is 0.254 e. The van der Waals surface area contributed by atoms with Gasteiger partial charge < -0.3 is 14.9 Å². The molecule has 0 spiro atoms. The van der Waals surface area contributed by atoms with Crippen molar-refractivity contribution in [1.82, 2.24) is 19.5 Å². The lowest BCUT2D eigenvalue weighted by Crippen LogP contribution is -2.20. The number of fused-ring (bicyclic) bond motifs is 3. The molecule has 146 valence electrons. The molecular formula is C21H25N5O2. The molecule has 0 saturated carbocycles. The Morgan fingerprint density at radius 1 is 1.21 bits per heavy atom. The highest BCUT2D eigenvalue weighted by atomic mass is 16.1. The molecule has 1 aliphatic rings. The molecule has 3 heterocycles. The average molecular weight is 379 g/mol. The van der Waals surface area contributed by atoms with Crippen molar-refractivity contribution in [2.75, 3.05) is 5.32 Å². The van der Waals surface area contributed by atoms with Crippen LogP contribution in [0, 0.1) is 13.8 Å². The largest absolute Gasteiger partial charge is 0.328 e. The van der Waals surface area contributed by atoms with Crippen LogP contribution in [0.1, 0.15) is 48.6 Å². The van der Waals surface area contributed by atoms with Gasteiger partial charge in [0.05, 0.1) is 11.0 Å². The summed E-state index contributed by atoms with van der Waals surface area (Å²) >= 11 is 0. The molecule has 0 bridgehead atoms. The van der Waals surface area contributed by atoms with Crippen molar-refractivity contribution in [2.45, 2.75) is 58.9 Å². The first kappa shape index (κ1) is 18.4. The molecule has 1 amide bonds. The highest BCUT2D eigenvalue weighted by molar-refractivity contribution is 5.93. The molecule has 0 radical (unpaired) electrons. The number of imidazole rings is 1. The van der Waals surface area contributed by atoms with Crippen LogP contribution in [0.4, 0.5) is 5.69 Å². The van der Waals surface area contributed by atoms with Crippen molar-refractivity contribution >= 4 is 22.6 Å². The summed E-state index contributed by atoms with van der Waals surface area (Å²) in [5.74, 6) is 1.60. The van der Waals surface area contributed by atoms with Gasteiger partial charge in [-0.05, 0) is 51.3 Å². The van der Waals surface area contributed by atoms with Gasteiger partial charge in [-0.1, -0.05) is 6.42 Å². The molecular weight excluding hydrogens is 354 g/mol. The summed E-state index contributed by atoms with van der Waals surface area (Å²) in [6.45, 7) is 4.55. The van der Waals surface area contributed by atoms with E-state index in [1.165, 1.54) is 19.3 Å². The Bertz CT molecular complexity index is 1100. The SMILES string of the molecule is Cc1nc(C)c(CCC(=O)Nc2ccc3c(c2)nc2n3CCCCC2)c(=O)[nH]1. The van der Waals surface area contributed by atoms with Crippen LogP contribution in [0.2, 0.25) is 0 Å². The highest BCUT2D eigenvalue weighted by Crippen LogP contribution is 2.24. The van der Waals surface area contributed by atoms with Crippen LogP contribution in [-0.4, -0.2) is 25.4 Å². The number of rotatable bonds is 4. The Hall–Kier alpha value is -2.96. The fourth-order valence-corrected chi connectivity index (χ4v) is 3.94. The Morgan fingerprint density at radius 2 is 2.07 bits per heavy atom.